The molecule has 1 fully saturated rings. The highest BCUT2D eigenvalue weighted by Crippen LogP contribution is 2.31. The van der Waals surface area contributed by atoms with Crippen LogP contribution >= 0.6 is 0 Å². The number of rotatable bonds is 5. The third-order valence-electron chi connectivity index (χ3n) is 5.82. The van der Waals surface area contributed by atoms with Crippen LogP contribution < -0.4 is 20.1 Å². The molecule has 1 aromatic carbocycles. The Bertz CT molecular complexity index is 1310. The number of hydrogen-bond donors (Lipinski definition) is 1. The van der Waals surface area contributed by atoms with E-state index >= 15 is 0 Å². The highest BCUT2D eigenvalue weighted by Gasteiger charge is 2.26. The molecule has 0 aliphatic carbocycles. The minimum absolute atomic E-state index is 0.0800. The van der Waals surface area contributed by atoms with Crippen molar-refractivity contribution < 1.29 is 13.9 Å². The van der Waals surface area contributed by atoms with Crippen molar-refractivity contribution in [3.8, 4) is 11.6 Å². The normalized spacial score (nSPS) is 16.6. The lowest BCUT2D eigenvalue weighted by atomic mass is 9.97. The molecule has 172 valence electrons. The van der Waals surface area contributed by atoms with Crippen LogP contribution in [-0.2, 0) is 0 Å². The number of hydrogen-bond acceptors (Lipinski definition) is 8. The van der Waals surface area contributed by atoms with Gasteiger partial charge in [-0.1, -0.05) is 0 Å². The summed E-state index contributed by atoms with van der Waals surface area (Å²) in [6, 6.07) is 6.81. The van der Waals surface area contributed by atoms with Crippen LogP contribution in [0.15, 0.2) is 30.5 Å². The van der Waals surface area contributed by atoms with Crippen LogP contribution in [0.2, 0.25) is 0 Å². The second-order valence-electron chi connectivity index (χ2n) is 8.49. The Morgan fingerprint density at radius 3 is 2.79 bits per heavy atom. The van der Waals surface area contributed by atoms with Gasteiger partial charge in [0.2, 0.25) is 11.8 Å². The summed E-state index contributed by atoms with van der Waals surface area (Å²) in [5.41, 5.74) is 8.17. The predicted molar refractivity (Wildman–Crippen MR) is 123 cm³/mol. The van der Waals surface area contributed by atoms with Crippen molar-refractivity contribution in [1.82, 2.24) is 24.6 Å². The van der Waals surface area contributed by atoms with Crippen LogP contribution in [0.5, 0.6) is 11.6 Å². The van der Waals surface area contributed by atoms with Gasteiger partial charge < -0.3 is 20.1 Å². The molecule has 10 heteroatoms. The summed E-state index contributed by atoms with van der Waals surface area (Å²) in [6.07, 6.45) is 3.85. The van der Waals surface area contributed by atoms with Crippen molar-refractivity contribution in [1.29, 1.82) is 0 Å². The van der Waals surface area contributed by atoms with Gasteiger partial charge >= 0.3 is 0 Å². The van der Waals surface area contributed by atoms with Crippen LogP contribution in [0, 0.1) is 5.82 Å². The lowest BCUT2D eigenvalue weighted by Gasteiger charge is -2.33. The van der Waals surface area contributed by atoms with Crippen LogP contribution in [0.3, 0.4) is 0 Å². The van der Waals surface area contributed by atoms with E-state index in [4.69, 9.17) is 20.2 Å². The van der Waals surface area contributed by atoms with Crippen LogP contribution in [0.4, 0.5) is 16.0 Å². The van der Waals surface area contributed by atoms with E-state index in [1.54, 1.807) is 0 Å². The Labute approximate surface area is 190 Å². The summed E-state index contributed by atoms with van der Waals surface area (Å²) >= 11 is 0. The Balaban J connectivity index is 1.45. The number of aromatic nitrogens is 5. The summed E-state index contributed by atoms with van der Waals surface area (Å²) in [4.78, 5) is 15.8. The fourth-order valence-corrected chi connectivity index (χ4v) is 4.27. The molecular formula is C23H26FN7O2. The van der Waals surface area contributed by atoms with Gasteiger partial charge in [0.25, 0.3) is 0 Å². The second kappa shape index (κ2) is 8.34. The number of methoxy groups -OCH3 is 1. The fraction of sp³-hybridized carbons (Fsp3) is 0.391. The summed E-state index contributed by atoms with van der Waals surface area (Å²) in [5, 5.41) is 5.18. The molecule has 0 spiro atoms. The van der Waals surface area contributed by atoms with Gasteiger partial charge in [-0.25, -0.2) is 19.3 Å². The first kappa shape index (κ1) is 21.2. The van der Waals surface area contributed by atoms with Crippen LogP contribution in [0.1, 0.15) is 38.4 Å². The first-order valence-corrected chi connectivity index (χ1v) is 11.0. The van der Waals surface area contributed by atoms with Crippen LogP contribution in [0.25, 0.3) is 16.6 Å². The molecule has 2 N–H and O–H groups in total. The largest absolute Gasteiger partial charge is 0.494 e. The average Bonchev–Trinajstić information content (AvgIpc) is 3.26. The number of nitrogen functional groups attached to an aromatic ring is 1. The number of anilines is 2. The van der Waals surface area contributed by atoms with Crippen molar-refractivity contribution >= 4 is 28.2 Å². The Kier molecular flexibility index (Phi) is 5.35. The van der Waals surface area contributed by atoms with Gasteiger partial charge in [-0.2, -0.15) is 4.52 Å². The van der Waals surface area contributed by atoms with Gasteiger partial charge in [0, 0.05) is 36.5 Å². The van der Waals surface area contributed by atoms with E-state index in [9.17, 15) is 4.39 Å². The monoisotopic (exact) mass is 451 g/mol. The molecule has 9 nitrogen and oxygen atoms in total. The van der Waals surface area contributed by atoms with E-state index in [0.29, 0.717) is 28.3 Å². The summed E-state index contributed by atoms with van der Waals surface area (Å²) in [6.45, 7) is 5.62. The molecular weight excluding hydrogens is 425 g/mol. The molecule has 4 heterocycles. The number of ether oxygens (including phenoxy) is 2. The Morgan fingerprint density at radius 1 is 1.21 bits per heavy atom. The fourth-order valence-electron chi connectivity index (χ4n) is 4.27. The SMILES string of the molecule is COc1cc2nc(N)n3nc(C4CCCN(c5ccc(OC(C)C)nc5)C4)nc3c2cc1F. The number of nitrogens with zero attached hydrogens (tertiary/aromatic N) is 6. The molecule has 1 saturated heterocycles. The van der Waals surface area contributed by atoms with Crippen LogP contribution in [-0.4, -0.2) is 50.9 Å². The zero-order valence-corrected chi connectivity index (χ0v) is 18.8. The lowest BCUT2D eigenvalue weighted by molar-refractivity contribution is 0.232. The molecule has 3 aromatic heterocycles. The Morgan fingerprint density at radius 2 is 2.06 bits per heavy atom. The smallest absolute Gasteiger partial charge is 0.223 e. The predicted octanol–water partition coefficient (Wildman–Crippen LogP) is 3.57. The van der Waals surface area contributed by atoms with E-state index < -0.39 is 5.82 Å². The standard InChI is InChI=1S/C23H26FN7O2/c1-13(2)33-20-7-6-15(11-26-20)30-8-4-5-14(12-30)21-28-22-16-9-17(24)19(32-3)10-18(16)27-23(25)31(22)29-21/h6-7,9-11,13-14H,4-5,8,12H2,1-3H3,(H2,25,27). The zero-order chi connectivity index (χ0) is 23.1. The minimum atomic E-state index is -0.482. The molecule has 5 rings (SSSR count). The number of fused-ring (bicyclic) bond motifs is 3. The molecule has 0 amide bonds. The highest BCUT2D eigenvalue weighted by molar-refractivity contribution is 5.93. The van der Waals surface area contributed by atoms with E-state index in [2.05, 4.69) is 20.0 Å². The van der Waals surface area contributed by atoms with Crippen molar-refractivity contribution in [2.45, 2.75) is 38.7 Å². The van der Waals surface area contributed by atoms with E-state index in [1.165, 1.54) is 23.8 Å². The molecule has 1 aliphatic heterocycles. The maximum absolute atomic E-state index is 14.4. The van der Waals surface area contributed by atoms with Gasteiger partial charge in [-0.05, 0) is 38.8 Å². The van der Waals surface area contributed by atoms with Crippen molar-refractivity contribution in [2.75, 3.05) is 30.8 Å². The number of piperidine rings is 1. The van der Waals surface area contributed by atoms with Crippen molar-refractivity contribution in [2.24, 2.45) is 0 Å². The number of nitrogens with two attached hydrogens (primary N) is 1. The summed E-state index contributed by atoms with van der Waals surface area (Å²) in [5.74, 6) is 1.21. The molecule has 1 aliphatic rings. The highest BCUT2D eigenvalue weighted by atomic mass is 19.1. The molecule has 0 bridgehead atoms. The maximum Gasteiger partial charge on any atom is 0.223 e. The van der Waals surface area contributed by atoms with E-state index in [0.717, 1.165) is 31.6 Å². The maximum atomic E-state index is 14.4. The second-order valence-corrected chi connectivity index (χ2v) is 8.49. The molecule has 4 aromatic rings. The van der Waals surface area contributed by atoms with Gasteiger partial charge in [0.05, 0.1) is 30.6 Å². The van der Waals surface area contributed by atoms with Gasteiger partial charge in [-0.3, -0.25) is 0 Å². The zero-order valence-electron chi connectivity index (χ0n) is 18.8. The molecule has 1 atom stereocenters. The van der Waals surface area contributed by atoms with Gasteiger partial charge in [0.1, 0.15) is 0 Å². The quantitative estimate of drug-likeness (QED) is 0.491. The van der Waals surface area contributed by atoms with Gasteiger partial charge in [0.15, 0.2) is 23.0 Å². The number of benzene rings is 1. The third-order valence-corrected chi connectivity index (χ3v) is 5.82. The topological polar surface area (TPSA) is 104 Å². The van der Waals surface area contributed by atoms with E-state index in [1.807, 2.05) is 32.2 Å². The summed E-state index contributed by atoms with van der Waals surface area (Å²) < 4.78 is 26.6. The minimum Gasteiger partial charge on any atom is -0.494 e. The van der Waals surface area contributed by atoms with Crippen molar-refractivity contribution in [3.05, 3.63) is 42.1 Å². The molecule has 0 saturated carbocycles. The summed E-state index contributed by atoms with van der Waals surface area (Å²) in [7, 11) is 1.41. The molecule has 33 heavy (non-hydrogen) atoms. The first-order chi connectivity index (χ1) is 15.9. The first-order valence-electron chi connectivity index (χ1n) is 11.0. The van der Waals surface area contributed by atoms with E-state index in [-0.39, 0.29) is 23.7 Å². The average molecular weight is 452 g/mol. The van der Waals surface area contributed by atoms with Gasteiger partial charge in [-0.15, -0.1) is 5.10 Å². The molecule has 0 radical (unpaired) electrons. The third kappa shape index (κ3) is 3.96. The van der Waals surface area contributed by atoms with Crippen molar-refractivity contribution in [3.63, 3.8) is 0 Å². The molecule has 1 unspecified atom stereocenters. The number of halogens is 1. The lowest BCUT2D eigenvalue weighted by Crippen LogP contribution is -2.34. The Hall–Kier alpha value is -3.69. The number of pyridine rings is 1.